The third-order valence-corrected chi connectivity index (χ3v) is 5.47. The highest BCUT2D eigenvalue weighted by Crippen LogP contribution is 2.32. The van der Waals surface area contributed by atoms with Gasteiger partial charge in [-0.1, -0.05) is 54.5 Å². The molecule has 0 aliphatic heterocycles. The summed E-state index contributed by atoms with van der Waals surface area (Å²) in [6, 6.07) is 19.0. The van der Waals surface area contributed by atoms with Gasteiger partial charge in [-0.25, -0.2) is 0 Å². The van der Waals surface area contributed by atoms with Crippen LogP contribution in [0.2, 0.25) is 0 Å². The number of fused-ring (bicyclic) bond motifs is 1. The predicted molar refractivity (Wildman–Crippen MR) is 120 cm³/mol. The summed E-state index contributed by atoms with van der Waals surface area (Å²) >= 11 is 0. The van der Waals surface area contributed by atoms with Crippen molar-refractivity contribution in [3.63, 3.8) is 0 Å². The zero-order valence-electron chi connectivity index (χ0n) is 17.9. The van der Waals surface area contributed by atoms with Crippen LogP contribution in [0.15, 0.2) is 82.1 Å². The van der Waals surface area contributed by atoms with Crippen LogP contribution in [-0.4, -0.2) is 19.9 Å². The average Bonchev–Trinajstić information content (AvgIpc) is 3.34. The summed E-state index contributed by atoms with van der Waals surface area (Å²) in [7, 11) is 0. The minimum absolute atomic E-state index is 0.0115. The number of hydrogen-bond donors (Lipinski definition) is 0. The zero-order chi connectivity index (χ0) is 23.9. The van der Waals surface area contributed by atoms with Gasteiger partial charge in [0.25, 0.3) is 11.4 Å². The molecule has 34 heavy (non-hydrogen) atoms. The molecule has 3 aromatic carbocycles. The lowest BCUT2D eigenvalue weighted by atomic mass is 10.1. The van der Waals surface area contributed by atoms with Gasteiger partial charge in [0, 0.05) is 10.9 Å². The molecule has 0 bridgehead atoms. The Morgan fingerprint density at radius 1 is 0.941 bits per heavy atom. The second kappa shape index (κ2) is 8.26. The third-order valence-electron chi connectivity index (χ3n) is 5.47. The van der Waals surface area contributed by atoms with E-state index >= 15 is 0 Å². The Balaban J connectivity index is 1.66. The molecule has 0 fully saturated rings. The van der Waals surface area contributed by atoms with Crippen molar-refractivity contribution in [1.29, 1.82) is 0 Å². The first-order valence-corrected chi connectivity index (χ1v) is 10.5. The van der Waals surface area contributed by atoms with Gasteiger partial charge in [0.2, 0.25) is 5.82 Å². The number of aromatic nitrogens is 4. The largest absolute Gasteiger partial charge is 0.416 e. The van der Waals surface area contributed by atoms with E-state index in [9.17, 15) is 18.0 Å². The van der Waals surface area contributed by atoms with E-state index in [4.69, 9.17) is 4.52 Å². The monoisotopic (exact) mass is 462 g/mol. The van der Waals surface area contributed by atoms with Crippen molar-refractivity contribution in [1.82, 2.24) is 19.9 Å². The summed E-state index contributed by atoms with van der Waals surface area (Å²) < 4.78 is 46.0. The van der Waals surface area contributed by atoms with Crippen molar-refractivity contribution in [2.75, 3.05) is 0 Å². The quantitative estimate of drug-likeness (QED) is 0.343. The normalized spacial score (nSPS) is 11.8. The standard InChI is InChI=1S/C25H17F3N4O2/c1-2-15-10-12-18(13-11-15)32-24(33)20-9-4-3-8-19(20)21(30-32)23-29-22(31-34-23)16-6-5-7-17(14-16)25(26,27)28/h3-14H,2H2,1H3. The lowest BCUT2D eigenvalue weighted by Gasteiger charge is -2.09. The van der Waals surface area contributed by atoms with Gasteiger partial charge in [-0.05, 0) is 42.3 Å². The summed E-state index contributed by atoms with van der Waals surface area (Å²) in [4.78, 5) is 17.4. The molecular formula is C25H17F3N4O2. The van der Waals surface area contributed by atoms with Crippen LogP contribution >= 0.6 is 0 Å². The molecule has 0 aliphatic rings. The summed E-state index contributed by atoms with van der Waals surface area (Å²) in [6.07, 6.45) is -3.64. The Labute approximate surface area is 191 Å². The average molecular weight is 462 g/mol. The van der Waals surface area contributed by atoms with Gasteiger partial charge in [0.15, 0.2) is 5.69 Å². The Morgan fingerprint density at radius 3 is 2.38 bits per heavy atom. The second-order valence-corrected chi connectivity index (χ2v) is 7.63. The maximum atomic E-state index is 13.2. The number of hydrogen-bond acceptors (Lipinski definition) is 5. The van der Waals surface area contributed by atoms with Gasteiger partial charge >= 0.3 is 6.18 Å². The van der Waals surface area contributed by atoms with Gasteiger partial charge in [0.1, 0.15) is 0 Å². The molecule has 2 heterocycles. The highest BCUT2D eigenvalue weighted by Gasteiger charge is 2.31. The molecule has 0 unspecified atom stereocenters. The van der Waals surface area contributed by atoms with Crippen molar-refractivity contribution in [2.45, 2.75) is 19.5 Å². The molecule has 0 radical (unpaired) electrons. The topological polar surface area (TPSA) is 73.8 Å². The van der Waals surface area contributed by atoms with Gasteiger partial charge < -0.3 is 4.52 Å². The van der Waals surface area contributed by atoms with E-state index in [1.807, 2.05) is 19.1 Å². The van der Waals surface area contributed by atoms with Crippen molar-refractivity contribution in [2.24, 2.45) is 0 Å². The van der Waals surface area contributed by atoms with E-state index in [1.165, 1.54) is 16.8 Å². The van der Waals surface area contributed by atoms with Gasteiger partial charge in [-0.3, -0.25) is 4.79 Å². The highest BCUT2D eigenvalue weighted by atomic mass is 19.4. The maximum absolute atomic E-state index is 13.2. The minimum atomic E-state index is -4.50. The lowest BCUT2D eigenvalue weighted by Crippen LogP contribution is -2.22. The van der Waals surface area contributed by atoms with Gasteiger partial charge in [0.05, 0.1) is 16.6 Å². The Morgan fingerprint density at radius 2 is 1.68 bits per heavy atom. The fourth-order valence-corrected chi connectivity index (χ4v) is 3.67. The van der Waals surface area contributed by atoms with Crippen LogP contribution in [-0.2, 0) is 12.6 Å². The van der Waals surface area contributed by atoms with E-state index in [0.29, 0.717) is 16.5 Å². The summed E-state index contributed by atoms with van der Waals surface area (Å²) in [5.41, 5.74) is 0.940. The first-order valence-electron chi connectivity index (χ1n) is 10.5. The molecule has 0 saturated carbocycles. The molecule has 0 aliphatic carbocycles. The molecule has 170 valence electrons. The highest BCUT2D eigenvalue weighted by molar-refractivity contribution is 5.92. The first-order chi connectivity index (χ1) is 16.3. The second-order valence-electron chi connectivity index (χ2n) is 7.63. The zero-order valence-corrected chi connectivity index (χ0v) is 17.9. The van der Waals surface area contributed by atoms with Crippen LogP contribution in [0, 0.1) is 0 Å². The van der Waals surface area contributed by atoms with Crippen LogP contribution in [0.4, 0.5) is 13.2 Å². The van der Waals surface area contributed by atoms with E-state index < -0.39 is 11.7 Å². The molecule has 5 rings (SSSR count). The number of nitrogens with zero attached hydrogens (tertiary/aromatic N) is 4. The van der Waals surface area contributed by atoms with Crippen LogP contribution in [0.3, 0.4) is 0 Å². The Kier molecular flexibility index (Phi) is 5.24. The fourth-order valence-electron chi connectivity index (χ4n) is 3.67. The summed E-state index contributed by atoms with van der Waals surface area (Å²) in [6.45, 7) is 2.03. The van der Waals surface area contributed by atoms with Crippen LogP contribution in [0.5, 0.6) is 0 Å². The molecule has 0 spiro atoms. The molecule has 6 nitrogen and oxygen atoms in total. The Bertz CT molecular complexity index is 1550. The van der Waals surface area contributed by atoms with Crippen LogP contribution in [0.25, 0.3) is 39.4 Å². The fraction of sp³-hybridized carbons (Fsp3) is 0.120. The number of benzene rings is 3. The minimum Gasteiger partial charge on any atom is -0.332 e. The lowest BCUT2D eigenvalue weighted by molar-refractivity contribution is -0.137. The smallest absolute Gasteiger partial charge is 0.332 e. The number of rotatable bonds is 4. The van der Waals surface area contributed by atoms with Crippen molar-refractivity contribution < 1.29 is 17.7 Å². The van der Waals surface area contributed by atoms with Gasteiger partial charge in [-0.2, -0.15) is 27.9 Å². The molecule has 0 amide bonds. The number of halogens is 3. The SMILES string of the molecule is CCc1ccc(-n2nc(-c3nc(-c4cccc(C(F)(F)F)c4)no3)c3ccccc3c2=O)cc1. The van der Waals surface area contributed by atoms with Gasteiger partial charge in [-0.15, -0.1) is 0 Å². The molecule has 0 atom stereocenters. The van der Waals surface area contributed by atoms with Crippen LogP contribution < -0.4 is 5.56 Å². The first kappa shape index (κ1) is 21.6. The summed E-state index contributed by atoms with van der Waals surface area (Å²) in [5.74, 6) is -0.0282. The molecule has 2 aromatic heterocycles. The van der Waals surface area contributed by atoms with E-state index in [2.05, 4.69) is 15.2 Å². The summed E-state index contributed by atoms with van der Waals surface area (Å²) in [5, 5.41) is 9.24. The van der Waals surface area contributed by atoms with Crippen molar-refractivity contribution in [3.05, 3.63) is 94.3 Å². The van der Waals surface area contributed by atoms with E-state index in [1.54, 1.807) is 36.4 Å². The van der Waals surface area contributed by atoms with Crippen LogP contribution in [0.1, 0.15) is 18.1 Å². The molecular weight excluding hydrogens is 445 g/mol. The third kappa shape index (κ3) is 3.85. The molecule has 5 aromatic rings. The molecule has 0 saturated heterocycles. The number of alkyl halides is 3. The Hall–Kier alpha value is -4.27. The number of aryl methyl sites for hydroxylation is 1. The maximum Gasteiger partial charge on any atom is 0.416 e. The molecule has 0 N–H and O–H groups in total. The molecule has 9 heteroatoms. The van der Waals surface area contributed by atoms with E-state index in [-0.39, 0.29) is 28.5 Å². The van der Waals surface area contributed by atoms with Crippen molar-refractivity contribution in [3.8, 4) is 28.7 Å². The predicted octanol–water partition coefficient (Wildman–Crippen LogP) is 5.68. The van der Waals surface area contributed by atoms with Crippen molar-refractivity contribution >= 4 is 10.8 Å². The van der Waals surface area contributed by atoms with E-state index in [0.717, 1.165) is 24.1 Å².